The van der Waals surface area contributed by atoms with E-state index in [1.807, 2.05) is 68.2 Å². The Labute approximate surface area is 189 Å². The SMILES string of the molecule is CNCCCOc1ccccc1-n1nc2c(N(C)Cc3ccccc3)nnc(C)c2c1C. The van der Waals surface area contributed by atoms with Crippen LogP contribution < -0.4 is 15.0 Å². The number of benzene rings is 2. The molecule has 2 aromatic heterocycles. The van der Waals surface area contributed by atoms with Gasteiger partial charge in [0.15, 0.2) is 5.82 Å². The van der Waals surface area contributed by atoms with E-state index in [0.717, 1.165) is 59.1 Å². The quantitative estimate of drug-likeness (QED) is 0.404. The molecule has 32 heavy (non-hydrogen) atoms. The summed E-state index contributed by atoms with van der Waals surface area (Å²) in [7, 11) is 3.97. The summed E-state index contributed by atoms with van der Waals surface area (Å²) in [4.78, 5) is 2.10. The van der Waals surface area contributed by atoms with Crippen molar-refractivity contribution in [2.24, 2.45) is 0 Å². The number of para-hydroxylation sites is 2. The summed E-state index contributed by atoms with van der Waals surface area (Å²) in [6.45, 7) is 6.34. The van der Waals surface area contributed by atoms with Crippen molar-refractivity contribution in [1.29, 1.82) is 0 Å². The molecule has 0 atom stereocenters. The smallest absolute Gasteiger partial charge is 0.179 e. The molecule has 0 bridgehead atoms. The molecule has 166 valence electrons. The molecule has 2 aromatic carbocycles. The molecule has 0 aliphatic heterocycles. The number of nitrogens with zero attached hydrogens (tertiary/aromatic N) is 5. The van der Waals surface area contributed by atoms with Gasteiger partial charge in [-0.25, -0.2) is 4.68 Å². The number of hydrogen-bond donors (Lipinski definition) is 1. The van der Waals surface area contributed by atoms with Crippen LogP contribution in [0.5, 0.6) is 5.75 Å². The highest BCUT2D eigenvalue weighted by molar-refractivity contribution is 5.92. The summed E-state index contributed by atoms with van der Waals surface area (Å²) in [5, 5.41) is 18.1. The number of fused-ring (bicyclic) bond motifs is 1. The predicted octanol–water partition coefficient (Wildman–Crippen LogP) is 4.06. The summed E-state index contributed by atoms with van der Waals surface area (Å²) in [5.41, 5.74) is 4.86. The molecule has 0 saturated carbocycles. The number of aromatic nitrogens is 4. The monoisotopic (exact) mass is 430 g/mol. The van der Waals surface area contributed by atoms with Crippen LogP contribution >= 0.6 is 0 Å². The molecule has 0 aliphatic rings. The van der Waals surface area contributed by atoms with Crippen LogP contribution in [0.25, 0.3) is 16.6 Å². The first-order valence-corrected chi connectivity index (χ1v) is 10.9. The molecule has 0 saturated heterocycles. The van der Waals surface area contributed by atoms with Crippen molar-refractivity contribution in [3.8, 4) is 11.4 Å². The lowest BCUT2D eigenvalue weighted by Gasteiger charge is -2.18. The molecular weight excluding hydrogens is 400 g/mol. The summed E-state index contributed by atoms with van der Waals surface area (Å²) in [6.07, 6.45) is 0.937. The first-order chi connectivity index (χ1) is 15.6. The fourth-order valence-electron chi connectivity index (χ4n) is 3.92. The third kappa shape index (κ3) is 4.43. The van der Waals surface area contributed by atoms with E-state index in [2.05, 4.69) is 39.5 Å². The van der Waals surface area contributed by atoms with Gasteiger partial charge in [-0.1, -0.05) is 42.5 Å². The van der Waals surface area contributed by atoms with Gasteiger partial charge in [-0.3, -0.25) is 0 Å². The van der Waals surface area contributed by atoms with Gasteiger partial charge in [-0.15, -0.1) is 5.10 Å². The Morgan fingerprint density at radius 2 is 1.75 bits per heavy atom. The Kier molecular flexibility index (Phi) is 6.66. The van der Waals surface area contributed by atoms with E-state index in [9.17, 15) is 0 Å². The number of anilines is 1. The topological polar surface area (TPSA) is 68.1 Å². The molecule has 4 rings (SSSR count). The minimum absolute atomic E-state index is 0.644. The van der Waals surface area contributed by atoms with Crippen LogP contribution in [0.2, 0.25) is 0 Å². The second-order valence-electron chi connectivity index (χ2n) is 7.94. The lowest BCUT2D eigenvalue weighted by molar-refractivity contribution is 0.308. The molecule has 0 spiro atoms. The van der Waals surface area contributed by atoms with Gasteiger partial charge in [-0.2, -0.15) is 10.2 Å². The molecule has 0 unspecified atom stereocenters. The molecule has 7 nitrogen and oxygen atoms in total. The summed E-state index contributed by atoms with van der Waals surface area (Å²) >= 11 is 0. The summed E-state index contributed by atoms with van der Waals surface area (Å²) < 4.78 is 8.04. The van der Waals surface area contributed by atoms with Gasteiger partial charge in [0.2, 0.25) is 0 Å². The average molecular weight is 431 g/mol. The highest BCUT2D eigenvalue weighted by Crippen LogP contribution is 2.32. The number of aryl methyl sites for hydroxylation is 2. The minimum Gasteiger partial charge on any atom is -0.491 e. The number of rotatable bonds is 9. The van der Waals surface area contributed by atoms with Crippen LogP contribution in [0.3, 0.4) is 0 Å². The zero-order valence-electron chi connectivity index (χ0n) is 19.2. The van der Waals surface area contributed by atoms with Crippen LogP contribution in [-0.2, 0) is 6.54 Å². The fraction of sp³-hybridized carbons (Fsp3) is 0.320. The minimum atomic E-state index is 0.644. The van der Waals surface area contributed by atoms with E-state index < -0.39 is 0 Å². The number of hydrogen-bond acceptors (Lipinski definition) is 6. The summed E-state index contributed by atoms with van der Waals surface area (Å²) in [6, 6.07) is 18.4. The van der Waals surface area contributed by atoms with Gasteiger partial charge in [-0.05, 0) is 51.6 Å². The lowest BCUT2D eigenvalue weighted by Crippen LogP contribution is -2.19. The first kappa shape index (κ1) is 21.8. The molecule has 7 heteroatoms. The van der Waals surface area contributed by atoms with Crippen molar-refractivity contribution in [1.82, 2.24) is 25.3 Å². The van der Waals surface area contributed by atoms with Crippen LogP contribution in [0.1, 0.15) is 23.4 Å². The molecule has 2 heterocycles. The zero-order valence-corrected chi connectivity index (χ0v) is 19.2. The van der Waals surface area contributed by atoms with E-state index in [1.165, 1.54) is 5.56 Å². The van der Waals surface area contributed by atoms with Crippen LogP contribution in [-0.4, -0.2) is 47.2 Å². The molecular formula is C25H30N6O. The van der Waals surface area contributed by atoms with E-state index >= 15 is 0 Å². The van der Waals surface area contributed by atoms with Gasteiger partial charge in [0.05, 0.1) is 23.4 Å². The van der Waals surface area contributed by atoms with Gasteiger partial charge in [0.25, 0.3) is 0 Å². The molecule has 0 radical (unpaired) electrons. The molecule has 0 fully saturated rings. The molecule has 1 N–H and O–H groups in total. The maximum Gasteiger partial charge on any atom is 0.179 e. The fourth-order valence-corrected chi connectivity index (χ4v) is 3.92. The number of nitrogens with one attached hydrogen (secondary N) is 1. The van der Waals surface area contributed by atoms with Crippen molar-refractivity contribution < 1.29 is 4.74 Å². The van der Waals surface area contributed by atoms with Crippen molar-refractivity contribution in [2.45, 2.75) is 26.8 Å². The lowest BCUT2D eigenvalue weighted by atomic mass is 10.2. The standard InChI is InChI=1S/C25H30N6O/c1-18-23-19(2)31(21-13-8-9-14-22(21)32-16-10-15-26-3)29-24(23)25(28-27-18)30(4)17-20-11-6-5-7-12-20/h5-9,11-14,26H,10,15-17H2,1-4H3. The van der Waals surface area contributed by atoms with Crippen molar-refractivity contribution in [3.63, 3.8) is 0 Å². The van der Waals surface area contributed by atoms with E-state index in [-0.39, 0.29) is 0 Å². The largest absolute Gasteiger partial charge is 0.491 e. The highest BCUT2D eigenvalue weighted by atomic mass is 16.5. The number of ether oxygens (including phenoxy) is 1. The highest BCUT2D eigenvalue weighted by Gasteiger charge is 2.20. The Morgan fingerprint density at radius 1 is 1.00 bits per heavy atom. The second kappa shape index (κ2) is 9.78. The third-order valence-corrected chi connectivity index (χ3v) is 5.53. The van der Waals surface area contributed by atoms with Crippen molar-refractivity contribution in [3.05, 3.63) is 71.5 Å². The Morgan fingerprint density at radius 3 is 2.53 bits per heavy atom. The van der Waals surface area contributed by atoms with Crippen molar-refractivity contribution >= 4 is 16.7 Å². The van der Waals surface area contributed by atoms with Crippen LogP contribution in [0.15, 0.2) is 54.6 Å². The molecule has 0 aliphatic carbocycles. The predicted molar refractivity (Wildman–Crippen MR) is 129 cm³/mol. The van der Waals surface area contributed by atoms with Crippen LogP contribution in [0, 0.1) is 13.8 Å². The Hall–Kier alpha value is -3.45. The normalized spacial score (nSPS) is 11.1. The first-order valence-electron chi connectivity index (χ1n) is 10.9. The van der Waals surface area contributed by atoms with Crippen molar-refractivity contribution in [2.75, 3.05) is 32.1 Å². The van der Waals surface area contributed by atoms with Gasteiger partial charge in [0.1, 0.15) is 17.0 Å². The maximum absolute atomic E-state index is 6.09. The summed E-state index contributed by atoms with van der Waals surface area (Å²) in [5.74, 6) is 1.58. The molecule has 4 aromatic rings. The average Bonchev–Trinajstić information content (AvgIpc) is 3.15. The van der Waals surface area contributed by atoms with Gasteiger partial charge < -0.3 is 15.0 Å². The van der Waals surface area contributed by atoms with Crippen LogP contribution in [0.4, 0.5) is 5.82 Å². The zero-order chi connectivity index (χ0) is 22.5. The van der Waals surface area contributed by atoms with E-state index in [1.54, 1.807) is 0 Å². The van der Waals surface area contributed by atoms with Gasteiger partial charge >= 0.3 is 0 Å². The van der Waals surface area contributed by atoms with E-state index in [4.69, 9.17) is 9.84 Å². The van der Waals surface area contributed by atoms with Gasteiger partial charge in [0, 0.05) is 13.6 Å². The second-order valence-corrected chi connectivity index (χ2v) is 7.94. The Bertz CT molecular complexity index is 1190. The maximum atomic E-state index is 6.09. The Balaban J connectivity index is 1.73. The van der Waals surface area contributed by atoms with E-state index in [0.29, 0.717) is 6.61 Å². The molecule has 0 amide bonds. The third-order valence-electron chi connectivity index (χ3n) is 5.53.